The Labute approximate surface area is 149 Å². The highest BCUT2D eigenvalue weighted by Crippen LogP contribution is 2.22. The second-order valence-electron chi connectivity index (χ2n) is 5.37. The fourth-order valence-corrected chi connectivity index (χ4v) is 3.22. The summed E-state index contributed by atoms with van der Waals surface area (Å²) in [4.78, 5) is 31.5. The largest absolute Gasteiger partial charge is 0.466 e. The molecule has 1 heterocycles. The third kappa shape index (κ3) is 4.28. The van der Waals surface area contributed by atoms with Crippen molar-refractivity contribution in [1.29, 1.82) is 0 Å². The van der Waals surface area contributed by atoms with Crippen molar-refractivity contribution in [2.75, 3.05) is 12.4 Å². The number of ether oxygens (including phenoxy) is 1. The van der Waals surface area contributed by atoms with Gasteiger partial charge in [0.2, 0.25) is 0 Å². The van der Waals surface area contributed by atoms with Gasteiger partial charge in [-0.05, 0) is 25.1 Å². The van der Waals surface area contributed by atoms with Crippen molar-refractivity contribution in [3.8, 4) is 0 Å². The normalized spacial score (nSPS) is 10.8. The summed E-state index contributed by atoms with van der Waals surface area (Å²) in [5.41, 5.74) is 2.87. The van der Waals surface area contributed by atoms with E-state index in [4.69, 9.17) is 4.74 Å². The molecule has 0 aliphatic rings. The first-order chi connectivity index (χ1) is 12.2. The van der Waals surface area contributed by atoms with Gasteiger partial charge in [0.05, 0.1) is 24.1 Å². The molecule has 2 aromatic carbocycles. The van der Waals surface area contributed by atoms with E-state index in [2.05, 4.69) is 9.97 Å². The molecule has 3 aromatic rings. The first-order valence-electron chi connectivity index (χ1n) is 8.05. The number of imidazole rings is 1. The molecule has 0 aliphatic carbocycles. The summed E-state index contributed by atoms with van der Waals surface area (Å²) >= 11 is 1.46. The maximum Gasteiger partial charge on any atom is 0.306 e. The summed E-state index contributed by atoms with van der Waals surface area (Å²) in [7, 11) is 0. The molecule has 128 valence electrons. The lowest BCUT2D eigenvalue weighted by atomic mass is 10.0. The van der Waals surface area contributed by atoms with Crippen LogP contribution in [0, 0.1) is 0 Å². The number of nitrogens with one attached hydrogen (secondary N) is 1. The van der Waals surface area contributed by atoms with Crippen LogP contribution in [-0.2, 0) is 9.53 Å². The van der Waals surface area contributed by atoms with E-state index in [0.29, 0.717) is 29.9 Å². The van der Waals surface area contributed by atoms with Crippen molar-refractivity contribution < 1.29 is 14.3 Å². The number of esters is 1. The van der Waals surface area contributed by atoms with Crippen LogP contribution in [0.5, 0.6) is 0 Å². The summed E-state index contributed by atoms with van der Waals surface area (Å²) in [6.45, 7) is 2.19. The van der Waals surface area contributed by atoms with E-state index in [1.54, 1.807) is 25.1 Å². The maximum absolute atomic E-state index is 12.5. The highest BCUT2D eigenvalue weighted by atomic mass is 32.2. The van der Waals surface area contributed by atoms with Crippen LogP contribution in [0.3, 0.4) is 0 Å². The number of ketones is 1. The summed E-state index contributed by atoms with van der Waals surface area (Å²) in [6.07, 6.45) is 0.341. The minimum atomic E-state index is -0.207. The molecule has 0 bridgehead atoms. The molecule has 5 nitrogen and oxygen atoms in total. The van der Waals surface area contributed by atoms with E-state index >= 15 is 0 Å². The average molecular weight is 354 g/mol. The van der Waals surface area contributed by atoms with Gasteiger partial charge in [-0.1, -0.05) is 42.1 Å². The fraction of sp³-hybridized carbons (Fsp3) is 0.211. The van der Waals surface area contributed by atoms with Gasteiger partial charge in [-0.2, -0.15) is 0 Å². The molecule has 1 N–H and O–H groups in total. The minimum Gasteiger partial charge on any atom is -0.466 e. The third-order valence-electron chi connectivity index (χ3n) is 3.61. The first-order valence-corrected chi connectivity index (χ1v) is 9.04. The lowest BCUT2D eigenvalue weighted by Crippen LogP contribution is -2.04. The number of fused-ring (bicyclic) bond motifs is 1. The Morgan fingerprint density at radius 3 is 2.68 bits per heavy atom. The number of hydrogen-bond acceptors (Lipinski definition) is 5. The van der Waals surface area contributed by atoms with Crippen LogP contribution < -0.4 is 0 Å². The monoisotopic (exact) mass is 354 g/mol. The number of aromatic nitrogens is 2. The molecule has 0 saturated heterocycles. The Kier molecular flexibility index (Phi) is 5.50. The standard InChI is InChI=1S/C19H18N2O3S/c1-2-24-17(22)10-11-25-19-20-15-9-8-14(12-16(15)21-19)18(23)13-6-4-3-5-7-13/h3-9,12H,2,10-11H2,1H3,(H,20,21). The molecular formula is C19H18N2O3S. The quantitative estimate of drug-likeness (QED) is 0.396. The topological polar surface area (TPSA) is 72.0 Å². The minimum absolute atomic E-state index is 0.0198. The molecule has 0 unspecified atom stereocenters. The van der Waals surface area contributed by atoms with Crippen molar-refractivity contribution in [3.63, 3.8) is 0 Å². The van der Waals surface area contributed by atoms with E-state index in [9.17, 15) is 9.59 Å². The Morgan fingerprint density at radius 2 is 1.92 bits per heavy atom. The Bertz CT molecular complexity index is 890. The van der Waals surface area contributed by atoms with Gasteiger partial charge in [-0.15, -0.1) is 0 Å². The average Bonchev–Trinajstić information content (AvgIpc) is 3.04. The molecule has 0 fully saturated rings. The number of hydrogen-bond donors (Lipinski definition) is 1. The maximum atomic E-state index is 12.5. The Morgan fingerprint density at radius 1 is 1.12 bits per heavy atom. The second kappa shape index (κ2) is 7.98. The van der Waals surface area contributed by atoms with Gasteiger partial charge in [-0.25, -0.2) is 4.98 Å². The number of carbonyl (C=O) groups excluding carboxylic acids is 2. The van der Waals surface area contributed by atoms with Gasteiger partial charge in [0.25, 0.3) is 0 Å². The molecule has 0 aliphatic heterocycles. The molecular weight excluding hydrogens is 336 g/mol. The number of aromatic amines is 1. The molecule has 0 saturated carbocycles. The van der Waals surface area contributed by atoms with E-state index < -0.39 is 0 Å². The second-order valence-corrected chi connectivity index (χ2v) is 6.46. The molecule has 1 aromatic heterocycles. The van der Waals surface area contributed by atoms with Crippen molar-refractivity contribution in [2.45, 2.75) is 18.5 Å². The number of carbonyl (C=O) groups is 2. The molecule has 25 heavy (non-hydrogen) atoms. The van der Waals surface area contributed by atoms with Crippen molar-refractivity contribution in [3.05, 3.63) is 59.7 Å². The number of nitrogens with zero attached hydrogens (tertiary/aromatic N) is 1. The van der Waals surface area contributed by atoms with E-state index in [1.807, 2.05) is 30.3 Å². The van der Waals surface area contributed by atoms with E-state index in [-0.39, 0.29) is 11.8 Å². The molecule has 3 rings (SSSR count). The van der Waals surface area contributed by atoms with Crippen molar-refractivity contribution in [1.82, 2.24) is 9.97 Å². The molecule has 0 amide bonds. The van der Waals surface area contributed by atoms with Gasteiger partial charge < -0.3 is 9.72 Å². The van der Waals surface area contributed by atoms with Gasteiger partial charge in [0, 0.05) is 16.9 Å². The van der Waals surface area contributed by atoms with E-state index in [1.165, 1.54) is 11.8 Å². The summed E-state index contributed by atoms with van der Waals surface area (Å²) in [5, 5.41) is 0.726. The molecule has 0 spiro atoms. The summed E-state index contributed by atoms with van der Waals surface area (Å²) in [5.74, 6) is 0.365. The predicted molar refractivity (Wildman–Crippen MR) is 97.9 cm³/mol. The zero-order chi connectivity index (χ0) is 17.6. The van der Waals surface area contributed by atoms with Crippen LogP contribution >= 0.6 is 11.8 Å². The van der Waals surface area contributed by atoms with Crippen LogP contribution in [-0.4, -0.2) is 34.1 Å². The number of thioether (sulfide) groups is 1. The van der Waals surface area contributed by atoms with Crippen molar-refractivity contribution in [2.24, 2.45) is 0 Å². The van der Waals surface area contributed by atoms with Gasteiger partial charge in [0.15, 0.2) is 10.9 Å². The SMILES string of the molecule is CCOC(=O)CCSc1nc2ccc(C(=O)c3ccccc3)cc2[nH]1. The fourth-order valence-electron chi connectivity index (χ4n) is 2.42. The third-order valence-corrected chi connectivity index (χ3v) is 4.48. The van der Waals surface area contributed by atoms with Crippen LogP contribution in [0.15, 0.2) is 53.7 Å². The number of benzene rings is 2. The van der Waals surface area contributed by atoms with Crippen LogP contribution in [0.1, 0.15) is 29.3 Å². The summed E-state index contributed by atoms with van der Waals surface area (Å²) in [6, 6.07) is 14.6. The molecule has 0 atom stereocenters. The van der Waals surface area contributed by atoms with Gasteiger partial charge >= 0.3 is 5.97 Å². The smallest absolute Gasteiger partial charge is 0.306 e. The number of rotatable bonds is 7. The molecule has 0 radical (unpaired) electrons. The van der Waals surface area contributed by atoms with E-state index in [0.717, 1.165) is 16.2 Å². The summed E-state index contributed by atoms with van der Waals surface area (Å²) < 4.78 is 4.90. The zero-order valence-electron chi connectivity index (χ0n) is 13.8. The Balaban J connectivity index is 1.71. The van der Waals surface area contributed by atoms with Crippen molar-refractivity contribution >= 4 is 34.5 Å². The van der Waals surface area contributed by atoms with Crippen LogP contribution in [0.25, 0.3) is 11.0 Å². The highest BCUT2D eigenvalue weighted by molar-refractivity contribution is 7.99. The van der Waals surface area contributed by atoms with Crippen LogP contribution in [0.4, 0.5) is 0 Å². The zero-order valence-corrected chi connectivity index (χ0v) is 14.6. The predicted octanol–water partition coefficient (Wildman–Crippen LogP) is 3.84. The lowest BCUT2D eigenvalue weighted by molar-refractivity contribution is -0.142. The van der Waals surface area contributed by atoms with Gasteiger partial charge in [-0.3, -0.25) is 9.59 Å². The Hall–Kier alpha value is -2.60. The van der Waals surface area contributed by atoms with Crippen LogP contribution in [0.2, 0.25) is 0 Å². The highest BCUT2D eigenvalue weighted by Gasteiger charge is 2.11. The lowest BCUT2D eigenvalue weighted by Gasteiger charge is -2.00. The molecule has 6 heteroatoms. The first kappa shape index (κ1) is 17.2. The van der Waals surface area contributed by atoms with Gasteiger partial charge in [0.1, 0.15) is 0 Å². The number of H-pyrrole nitrogens is 1.